The molecule has 1 rings (SSSR count). The smallest absolute Gasteiger partial charge is 0.220 e. The summed E-state index contributed by atoms with van der Waals surface area (Å²) in [5.41, 5.74) is 1.11. The summed E-state index contributed by atoms with van der Waals surface area (Å²) < 4.78 is 0. The van der Waals surface area contributed by atoms with E-state index in [1.807, 2.05) is 12.1 Å². The molecule has 3 nitrogen and oxygen atoms in total. The lowest BCUT2D eigenvalue weighted by atomic mass is 10.0. The van der Waals surface area contributed by atoms with E-state index in [9.17, 15) is 4.79 Å². The molecule has 0 bridgehead atoms. The third kappa shape index (κ3) is 15.4. The summed E-state index contributed by atoms with van der Waals surface area (Å²) in [6, 6.07) is 3.88. The minimum atomic E-state index is 0.168. The van der Waals surface area contributed by atoms with Crippen LogP contribution in [-0.2, 0) is 11.3 Å². The fourth-order valence-electron chi connectivity index (χ4n) is 3.45. The molecule has 0 saturated heterocycles. The Morgan fingerprint density at radius 1 is 0.741 bits per heavy atom. The molecular formula is C24H42N2O. The first-order valence-electron chi connectivity index (χ1n) is 11.5. The quantitative estimate of drug-likeness (QED) is 0.282. The summed E-state index contributed by atoms with van der Waals surface area (Å²) in [7, 11) is 0. The second-order valence-corrected chi connectivity index (χ2v) is 7.83. The van der Waals surface area contributed by atoms with Crippen LogP contribution < -0.4 is 5.32 Å². The minimum absolute atomic E-state index is 0.168. The van der Waals surface area contributed by atoms with Crippen LogP contribution in [0.4, 0.5) is 0 Å². The van der Waals surface area contributed by atoms with E-state index in [0.717, 1.165) is 12.0 Å². The van der Waals surface area contributed by atoms with Crippen LogP contribution in [0.1, 0.15) is 115 Å². The van der Waals surface area contributed by atoms with E-state index in [4.69, 9.17) is 0 Å². The van der Waals surface area contributed by atoms with E-state index in [-0.39, 0.29) is 5.91 Å². The highest BCUT2D eigenvalue weighted by atomic mass is 16.1. The second kappa shape index (κ2) is 18.0. The average Bonchev–Trinajstić information content (AvgIpc) is 2.70. The Morgan fingerprint density at radius 3 is 1.67 bits per heavy atom. The molecule has 1 amide bonds. The molecule has 0 aromatic carbocycles. The fraction of sp³-hybridized carbons (Fsp3) is 0.750. The number of aromatic nitrogens is 1. The van der Waals surface area contributed by atoms with Crippen LogP contribution >= 0.6 is 0 Å². The molecule has 27 heavy (non-hydrogen) atoms. The Hall–Kier alpha value is -1.38. The van der Waals surface area contributed by atoms with Gasteiger partial charge in [0.2, 0.25) is 5.91 Å². The molecule has 0 atom stereocenters. The molecule has 154 valence electrons. The van der Waals surface area contributed by atoms with Crippen molar-refractivity contribution in [1.82, 2.24) is 10.3 Å². The topological polar surface area (TPSA) is 42.0 Å². The predicted molar refractivity (Wildman–Crippen MR) is 116 cm³/mol. The standard InChI is InChI=1S/C24H42N2O/c1-2-3-4-5-6-7-8-9-10-11-12-13-14-15-16-17-24(27)26-22-23-18-20-25-21-19-23/h18-21H,2-17,22H2,1H3,(H,26,27). The number of rotatable bonds is 18. The maximum Gasteiger partial charge on any atom is 0.220 e. The molecule has 1 heterocycles. The maximum absolute atomic E-state index is 11.8. The third-order valence-corrected chi connectivity index (χ3v) is 5.25. The van der Waals surface area contributed by atoms with Crippen LogP contribution in [-0.4, -0.2) is 10.9 Å². The first kappa shape index (κ1) is 23.7. The monoisotopic (exact) mass is 374 g/mol. The number of unbranched alkanes of at least 4 members (excludes halogenated alkanes) is 14. The van der Waals surface area contributed by atoms with Crippen molar-refractivity contribution in [2.45, 2.75) is 116 Å². The van der Waals surface area contributed by atoms with Gasteiger partial charge in [-0.2, -0.15) is 0 Å². The summed E-state index contributed by atoms with van der Waals surface area (Å²) in [4.78, 5) is 15.8. The zero-order valence-electron chi connectivity index (χ0n) is 17.7. The number of amides is 1. The van der Waals surface area contributed by atoms with E-state index in [1.165, 1.54) is 89.9 Å². The average molecular weight is 375 g/mol. The maximum atomic E-state index is 11.8. The largest absolute Gasteiger partial charge is 0.352 e. The Labute approximate surface area is 167 Å². The lowest BCUT2D eigenvalue weighted by Gasteiger charge is -2.05. The first-order chi connectivity index (χ1) is 13.3. The van der Waals surface area contributed by atoms with Crippen molar-refractivity contribution in [1.29, 1.82) is 0 Å². The summed E-state index contributed by atoms with van der Waals surface area (Å²) in [6.07, 6.45) is 24.5. The molecule has 0 aliphatic heterocycles. The number of hydrogen-bond donors (Lipinski definition) is 1. The van der Waals surface area contributed by atoms with Crippen LogP contribution in [0, 0.1) is 0 Å². The molecule has 0 saturated carbocycles. The van der Waals surface area contributed by atoms with Crippen molar-refractivity contribution in [3.63, 3.8) is 0 Å². The molecule has 0 fully saturated rings. The van der Waals surface area contributed by atoms with Gasteiger partial charge in [-0.05, 0) is 24.1 Å². The highest BCUT2D eigenvalue weighted by Crippen LogP contribution is 2.13. The second-order valence-electron chi connectivity index (χ2n) is 7.83. The Bertz CT molecular complexity index is 447. The van der Waals surface area contributed by atoms with E-state index in [1.54, 1.807) is 12.4 Å². The number of nitrogens with one attached hydrogen (secondary N) is 1. The van der Waals surface area contributed by atoms with Gasteiger partial charge in [0.05, 0.1) is 0 Å². The normalized spacial score (nSPS) is 10.9. The minimum Gasteiger partial charge on any atom is -0.352 e. The number of hydrogen-bond acceptors (Lipinski definition) is 2. The number of pyridine rings is 1. The lowest BCUT2D eigenvalue weighted by molar-refractivity contribution is -0.121. The van der Waals surface area contributed by atoms with Crippen LogP contribution in [0.25, 0.3) is 0 Å². The van der Waals surface area contributed by atoms with Gasteiger partial charge < -0.3 is 5.32 Å². The molecule has 0 spiro atoms. The molecule has 1 N–H and O–H groups in total. The summed E-state index contributed by atoms with van der Waals surface area (Å²) in [5, 5.41) is 2.98. The van der Waals surface area contributed by atoms with Gasteiger partial charge in [0.1, 0.15) is 0 Å². The molecule has 0 aliphatic carbocycles. The third-order valence-electron chi connectivity index (χ3n) is 5.25. The van der Waals surface area contributed by atoms with Crippen molar-refractivity contribution < 1.29 is 4.79 Å². The van der Waals surface area contributed by atoms with Gasteiger partial charge in [0, 0.05) is 25.4 Å². The molecular weight excluding hydrogens is 332 g/mol. The van der Waals surface area contributed by atoms with E-state index < -0.39 is 0 Å². The molecule has 0 aliphatic rings. The first-order valence-corrected chi connectivity index (χ1v) is 11.5. The SMILES string of the molecule is CCCCCCCCCCCCCCCCCC(=O)NCc1ccncc1. The van der Waals surface area contributed by atoms with Gasteiger partial charge in [-0.15, -0.1) is 0 Å². The highest BCUT2D eigenvalue weighted by Gasteiger charge is 2.01. The number of nitrogens with zero attached hydrogens (tertiary/aromatic N) is 1. The zero-order valence-corrected chi connectivity index (χ0v) is 17.7. The van der Waals surface area contributed by atoms with Crippen molar-refractivity contribution in [3.05, 3.63) is 30.1 Å². The Morgan fingerprint density at radius 2 is 1.19 bits per heavy atom. The van der Waals surface area contributed by atoms with Gasteiger partial charge in [-0.3, -0.25) is 9.78 Å². The molecule has 0 radical (unpaired) electrons. The summed E-state index contributed by atoms with van der Waals surface area (Å²) in [5.74, 6) is 0.168. The van der Waals surface area contributed by atoms with Crippen molar-refractivity contribution in [2.24, 2.45) is 0 Å². The van der Waals surface area contributed by atoms with Crippen LogP contribution in [0.5, 0.6) is 0 Å². The lowest BCUT2D eigenvalue weighted by Crippen LogP contribution is -2.22. The Balaban J connectivity index is 1.77. The van der Waals surface area contributed by atoms with Crippen LogP contribution in [0.3, 0.4) is 0 Å². The van der Waals surface area contributed by atoms with Crippen LogP contribution in [0.15, 0.2) is 24.5 Å². The van der Waals surface area contributed by atoms with E-state index >= 15 is 0 Å². The van der Waals surface area contributed by atoms with E-state index in [0.29, 0.717) is 13.0 Å². The van der Waals surface area contributed by atoms with Crippen LogP contribution in [0.2, 0.25) is 0 Å². The summed E-state index contributed by atoms with van der Waals surface area (Å²) >= 11 is 0. The fourth-order valence-corrected chi connectivity index (χ4v) is 3.45. The van der Waals surface area contributed by atoms with E-state index in [2.05, 4.69) is 17.2 Å². The van der Waals surface area contributed by atoms with Crippen molar-refractivity contribution >= 4 is 5.91 Å². The Kier molecular flexibility index (Phi) is 15.8. The van der Waals surface area contributed by atoms with Crippen molar-refractivity contribution in [3.8, 4) is 0 Å². The predicted octanol–water partition coefficient (Wildman–Crippen LogP) is 6.96. The summed E-state index contributed by atoms with van der Waals surface area (Å²) in [6.45, 7) is 2.89. The van der Waals surface area contributed by atoms with Gasteiger partial charge in [-0.25, -0.2) is 0 Å². The molecule has 1 aromatic rings. The molecule has 3 heteroatoms. The van der Waals surface area contributed by atoms with Gasteiger partial charge in [-0.1, -0.05) is 96.8 Å². The number of carbonyl (C=O) groups is 1. The number of carbonyl (C=O) groups excluding carboxylic acids is 1. The van der Waals surface area contributed by atoms with Gasteiger partial charge in [0.25, 0.3) is 0 Å². The molecule has 1 aromatic heterocycles. The van der Waals surface area contributed by atoms with Gasteiger partial charge >= 0.3 is 0 Å². The van der Waals surface area contributed by atoms with Gasteiger partial charge in [0.15, 0.2) is 0 Å². The zero-order chi connectivity index (χ0) is 19.4. The van der Waals surface area contributed by atoms with Crippen molar-refractivity contribution in [2.75, 3.05) is 0 Å². The highest BCUT2D eigenvalue weighted by molar-refractivity contribution is 5.75. The molecule has 0 unspecified atom stereocenters.